The lowest BCUT2D eigenvalue weighted by atomic mass is 9.90. The molecular weight excluding hydrogens is 245 g/mol. The molecule has 1 aromatic rings. The van der Waals surface area contributed by atoms with Crippen molar-refractivity contribution in [1.29, 1.82) is 0 Å². The molecule has 94 valence electrons. The zero-order valence-electron chi connectivity index (χ0n) is 9.39. The summed E-state index contributed by atoms with van der Waals surface area (Å²) >= 11 is 0. The van der Waals surface area contributed by atoms with Gasteiger partial charge in [-0.05, 0) is 25.0 Å². The Labute approximate surface area is 99.8 Å². The maximum atomic E-state index is 13.4. The zero-order valence-corrected chi connectivity index (χ0v) is 10.2. The Balaban J connectivity index is 2.08. The number of hydrogen-bond donors (Lipinski definition) is 1. The second kappa shape index (κ2) is 4.72. The highest BCUT2D eigenvalue weighted by Crippen LogP contribution is 2.25. The van der Waals surface area contributed by atoms with E-state index in [1.165, 1.54) is 18.2 Å². The van der Waals surface area contributed by atoms with Gasteiger partial charge < -0.3 is 4.74 Å². The normalized spacial score (nSPS) is 24.4. The topological polar surface area (TPSA) is 55.4 Å². The second-order valence-corrected chi connectivity index (χ2v) is 5.76. The van der Waals surface area contributed by atoms with Gasteiger partial charge >= 0.3 is 0 Å². The molecule has 0 amide bonds. The lowest BCUT2D eigenvalue weighted by Crippen LogP contribution is -2.47. The number of nitrogens with one attached hydrogen (secondary N) is 1. The summed E-state index contributed by atoms with van der Waals surface area (Å²) in [5, 5.41) is 0. The summed E-state index contributed by atoms with van der Waals surface area (Å²) in [4.78, 5) is -0.305. The van der Waals surface area contributed by atoms with Crippen LogP contribution in [0.25, 0.3) is 0 Å². The number of hydrogen-bond acceptors (Lipinski definition) is 3. The van der Waals surface area contributed by atoms with Gasteiger partial charge in [-0.3, -0.25) is 0 Å². The summed E-state index contributed by atoms with van der Waals surface area (Å²) in [6.45, 7) is 0. The standard InChI is InChI=1S/C11H14FNO3S/c1-16-9-6-8(7-9)13-17(14,15)11-5-3-2-4-10(11)12/h2-5,8-9,13H,6-7H2,1H3. The molecule has 0 bridgehead atoms. The fourth-order valence-corrected chi connectivity index (χ4v) is 3.14. The Kier molecular flexibility index (Phi) is 3.46. The summed E-state index contributed by atoms with van der Waals surface area (Å²) < 4.78 is 44.6. The molecule has 1 aromatic carbocycles. The monoisotopic (exact) mass is 259 g/mol. The highest BCUT2D eigenvalue weighted by Gasteiger charge is 2.33. The molecular formula is C11H14FNO3S. The predicted molar refractivity (Wildman–Crippen MR) is 60.5 cm³/mol. The van der Waals surface area contributed by atoms with Crippen LogP contribution in [-0.2, 0) is 14.8 Å². The smallest absolute Gasteiger partial charge is 0.243 e. The Morgan fingerprint density at radius 2 is 2.00 bits per heavy atom. The molecule has 1 saturated carbocycles. The SMILES string of the molecule is COC1CC(NS(=O)(=O)c2ccccc2F)C1. The molecule has 1 aliphatic rings. The first-order valence-corrected chi connectivity index (χ1v) is 6.81. The van der Waals surface area contributed by atoms with Crippen molar-refractivity contribution < 1.29 is 17.5 Å². The van der Waals surface area contributed by atoms with Gasteiger partial charge in [0.1, 0.15) is 10.7 Å². The number of benzene rings is 1. The van der Waals surface area contributed by atoms with E-state index >= 15 is 0 Å². The van der Waals surface area contributed by atoms with Crippen molar-refractivity contribution in [2.24, 2.45) is 0 Å². The maximum absolute atomic E-state index is 13.4. The first kappa shape index (κ1) is 12.5. The van der Waals surface area contributed by atoms with Gasteiger partial charge in [0.15, 0.2) is 0 Å². The van der Waals surface area contributed by atoms with Crippen LogP contribution < -0.4 is 4.72 Å². The Hall–Kier alpha value is -0.980. The third-order valence-corrected chi connectivity index (χ3v) is 4.43. The minimum absolute atomic E-state index is 0.100. The molecule has 0 unspecified atom stereocenters. The van der Waals surface area contributed by atoms with E-state index in [4.69, 9.17) is 4.74 Å². The van der Waals surface area contributed by atoms with Crippen LogP contribution in [0.3, 0.4) is 0 Å². The Bertz CT molecular complexity index is 497. The van der Waals surface area contributed by atoms with Gasteiger partial charge in [-0.1, -0.05) is 12.1 Å². The van der Waals surface area contributed by atoms with Crippen molar-refractivity contribution >= 4 is 10.0 Å². The summed E-state index contributed by atoms with van der Waals surface area (Å²) in [7, 11) is -2.17. The number of sulfonamides is 1. The van der Waals surface area contributed by atoms with Gasteiger partial charge in [0.25, 0.3) is 0 Å². The molecule has 1 aliphatic carbocycles. The van der Waals surface area contributed by atoms with Gasteiger partial charge in [0, 0.05) is 13.2 Å². The molecule has 0 spiro atoms. The number of methoxy groups -OCH3 is 1. The average molecular weight is 259 g/mol. The fraction of sp³-hybridized carbons (Fsp3) is 0.455. The van der Waals surface area contributed by atoms with E-state index in [1.54, 1.807) is 7.11 Å². The van der Waals surface area contributed by atoms with Crippen LogP contribution in [0.2, 0.25) is 0 Å². The largest absolute Gasteiger partial charge is 0.381 e. The van der Waals surface area contributed by atoms with Crippen molar-refractivity contribution in [3.8, 4) is 0 Å². The van der Waals surface area contributed by atoms with Crippen molar-refractivity contribution in [2.45, 2.75) is 29.9 Å². The number of rotatable bonds is 4. The van der Waals surface area contributed by atoms with Crippen LogP contribution in [-0.4, -0.2) is 27.7 Å². The lowest BCUT2D eigenvalue weighted by molar-refractivity contribution is 0.0236. The predicted octanol–water partition coefficient (Wildman–Crippen LogP) is 1.28. The van der Waals surface area contributed by atoms with Crippen LogP contribution in [0.15, 0.2) is 29.2 Å². The van der Waals surface area contributed by atoms with E-state index in [2.05, 4.69) is 4.72 Å². The van der Waals surface area contributed by atoms with Gasteiger partial charge in [-0.2, -0.15) is 0 Å². The third kappa shape index (κ3) is 2.65. The van der Waals surface area contributed by atoms with Gasteiger partial charge in [0.2, 0.25) is 10.0 Å². The van der Waals surface area contributed by atoms with Gasteiger partial charge in [-0.25, -0.2) is 17.5 Å². The summed E-state index contributed by atoms with van der Waals surface area (Å²) in [6, 6.07) is 5.18. The highest BCUT2D eigenvalue weighted by atomic mass is 32.2. The van der Waals surface area contributed by atoms with E-state index in [-0.39, 0.29) is 17.0 Å². The molecule has 4 nitrogen and oxygen atoms in total. The summed E-state index contributed by atoms with van der Waals surface area (Å²) in [6.07, 6.45) is 1.36. The van der Waals surface area contributed by atoms with Crippen molar-refractivity contribution in [1.82, 2.24) is 4.72 Å². The molecule has 0 aliphatic heterocycles. The molecule has 1 N–H and O–H groups in total. The Morgan fingerprint density at radius 1 is 1.35 bits per heavy atom. The maximum Gasteiger partial charge on any atom is 0.243 e. The third-order valence-electron chi connectivity index (χ3n) is 2.88. The van der Waals surface area contributed by atoms with Crippen molar-refractivity contribution in [3.63, 3.8) is 0 Å². The molecule has 1 fully saturated rings. The van der Waals surface area contributed by atoms with Crippen LogP contribution in [0.5, 0.6) is 0 Å². The number of halogens is 1. The van der Waals surface area contributed by atoms with Crippen molar-refractivity contribution in [3.05, 3.63) is 30.1 Å². The second-order valence-electron chi connectivity index (χ2n) is 4.08. The van der Waals surface area contributed by atoms with E-state index in [0.29, 0.717) is 12.8 Å². The van der Waals surface area contributed by atoms with E-state index in [1.807, 2.05) is 0 Å². The van der Waals surface area contributed by atoms with Crippen LogP contribution in [0.1, 0.15) is 12.8 Å². The van der Waals surface area contributed by atoms with Gasteiger partial charge in [-0.15, -0.1) is 0 Å². The molecule has 17 heavy (non-hydrogen) atoms. The van der Waals surface area contributed by atoms with E-state index in [0.717, 1.165) is 6.07 Å². The van der Waals surface area contributed by atoms with Crippen LogP contribution in [0.4, 0.5) is 4.39 Å². The van der Waals surface area contributed by atoms with Gasteiger partial charge in [0.05, 0.1) is 6.10 Å². The molecule has 0 heterocycles. The average Bonchev–Trinajstić information content (AvgIpc) is 2.23. The molecule has 0 atom stereocenters. The summed E-state index contributed by atoms with van der Waals surface area (Å²) in [5.41, 5.74) is 0. The van der Waals surface area contributed by atoms with Crippen LogP contribution >= 0.6 is 0 Å². The molecule has 2 rings (SSSR count). The molecule has 6 heteroatoms. The fourth-order valence-electron chi connectivity index (χ4n) is 1.80. The minimum Gasteiger partial charge on any atom is -0.381 e. The molecule has 0 radical (unpaired) electrons. The minimum atomic E-state index is -3.76. The van der Waals surface area contributed by atoms with E-state index in [9.17, 15) is 12.8 Å². The first-order valence-electron chi connectivity index (χ1n) is 5.32. The highest BCUT2D eigenvalue weighted by molar-refractivity contribution is 7.89. The zero-order chi connectivity index (χ0) is 12.5. The van der Waals surface area contributed by atoms with Crippen LogP contribution in [0, 0.1) is 5.82 Å². The first-order chi connectivity index (χ1) is 8.03. The number of ether oxygens (including phenoxy) is 1. The Morgan fingerprint density at radius 3 is 2.59 bits per heavy atom. The molecule has 0 saturated heterocycles. The quantitative estimate of drug-likeness (QED) is 0.886. The molecule has 0 aromatic heterocycles. The summed E-state index contributed by atoms with van der Waals surface area (Å²) in [5.74, 6) is -0.734. The van der Waals surface area contributed by atoms with E-state index < -0.39 is 15.8 Å². The van der Waals surface area contributed by atoms with Crippen molar-refractivity contribution in [2.75, 3.05) is 7.11 Å². The lowest BCUT2D eigenvalue weighted by Gasteiger charge is -2.34.